The number of anilines is 2. The highest BCUT2D eigenvalue weighted by Gasteiger charge is 2.20. The molecule has 1 N–H and O–H groups in total. The van der Waals surface area contributed by atoms with Crippen LogP contribution in [0.2, 0.25) is 0 Å². The molecule has 3 rings (SSSR count). The molecule has 0 radical (unpaired) electrons. The van der Waals surface area contributed by atoms with Crippen molar-refractivity contribution in [2.45, 2.75) is 0 Å². The Bertz CT molecular complexity index is 717. The van der Waals surface area contributed by atoms with Gasteiger partial charge in [0, 0.05) is 36.3 Å². The van der Waals surface area contributed by atoms with Gasteiger partial charge in [-0.1, -0.05) is 15.9 Å². The largest absolute Gasteiger partial charge is 0.480 e. The standard InChI is InChI=1S/C17H20BrN5O2/c1-25-17-11-19-10-15(21-17)23-8-6-22(7-9-23)12-16(24)20-14-4-2-13(18)3-5-14/h2-5,10-11H,6-9,12H2,1H3,(H,20,24). The third-order valence-electron chi connectivity index (χ3n) is 4.00. The van der Waals surface area contributed by atoms with Gasteiger partial charge in [-0.2, -0.15) is 4.98 Å². The fourth-order valence-electron chi connectivity index (χ4n) is 2.66. The van der Waals surface area contributed by atoms with Gasteiger partial charge in [-0.3, -0.25) is 14.7 Å². The fourth-order valence-corrected chi connectivity index (χ4v) is 2.93. The number of methoxy groups -OCH3 is 1. The number of amides is 1. The van der Waals surface area contributed by atoms with E-state index in [9.17, 15) is 4.79 Å². The molecule has 0 saturated carbocycles. The minimum Gasteiger partial charge on any atom is -0.480 e. The molecule has 1 aromatic heterocycles. The van der Waals surface area contributed by atoms with Crippen LogP contribution in [0.1, 0.15) is 0 Å². The first kappa shape index (κ1) is 17.6. The average Bonchev–Trinajstić information content (AvgIpc) is 2.64. The second-order valence-electron chi connectivity index (χ2n) is 5.74. The van der Waals surface area contributed by atoms with E-state index in [2.05, 4.69) is 41.0 Å². The van der Waals surface area contributed by atoms with Crippen LogP contribution in [0.4, 0.5) is 11.5 Å². The molecule has 0 bridgehead atoms. The Morgan fingerprint density at radius 1 is 1.20 bits per heavy atom. The van der Waals surface area contributed by atoms with Gasteiger partial charge in [0.2, 0.25) is 11.8 Å². The number of nitrogens with one attached hydrogen (secondary N) is 1. The molecule has 1 aromatic carbocycles. The van der Waals surface area contributed by atoms with E-state index in [0.717, 1.165) is 42.2 Å². The summed E-state index contributed by atoms with van der Waals surface area (Å²) in [5, 5.41) is 2.92. The van der Waals surface area contributed by atoms with Gasteiger partial charge in [0.25, 0.3) is 0 Å². The number of ether oxygens (including phenoxy) is 1. The van der Waals surface area contributed by atoms with E-state index in [1.807, 2.05) is 24.3 Å². The van der Waals surface area contributed by atoms with Gasteiger partial charge in [0.05, 0.1) is 26.0 Å². The number of hydrogen-bond donors (Lipinski definition) is 1. The van der Waals surface area contributed by atoms with Crippen LogP contribution in [0.5, 0.6) is 5.88 Å². The number of nitrogens with zero attached hydrogens (tertiary/aromatic N) is 4. The third-order valence-corrected chi connectivity index (χ3v) is 4.53. The van der Waals surface area contributed by atoms with E-state index >= 15 is 0 Å². The first-order valence-electron chi connectivity index (χ1n) is 8.03. The lowest BCUT2D eigenvalue weighted by Gasteiger charge is -2.34. The maximum Gasteiger partial charge on any atom is 0.238 e. The van der Waals surface area contributed by atoms with Crippen molar-refractivity contribution in [1.29, 1.82) is 0 Å². The number of carbonyl (C=O) groups excluding carboxylic acids is 1. The van der Waals surface area contributed by atoms with E-state index in [1.54, 1.807) is 19.5 Å². The molecule has 0 unspecified atom stereocenters. The summed E-state index contributed by atoms with van der Waals surface area (Å²) in [6.45, 7) is 3.58. The molecular formula is C17H20BrN5O2. The van der Waals surface area contributed by atoms with Crippen molar-refractivity contribution in [3.63, 3.8) is 0 Å². The van der Waals surface area contributed by atoms with Gasteiger partial charge < -0.3 is 15.0 Å². The van der Waals surface area contributed by atoms with Crippen molar-refractivity contribution in [3.05, 3.63) is 41.1 Å². The van der Waals surface area contributed by atoms with Crippen LogP contribution >= 0.6 is 15.9 Å². The van der Waals surface area contributed by atoms with Crippen molar-refractivity contribution in [2.75, 3.05) is 50.1 Å². The van der Waals surface area contributed by atoms with Crippen LogP contribution in [-0.2, 0) is 4.79 Å². The molecule has 0 atom stereocenters. The van der Waals surface area contributed by atoms with Gasteiger partial charge in [0.1, 0.15) is 0 Å². The maximum absolute atomic E-state index is 12.2. The van der Waals surface area contributed by atoms with E-state index < -0.39 is 0 Å². The number of hydrogen-bond acceptors (Lipinski definition) is 6. The highest BCUT2D eigenvalue weighted by Crippen LogP contribution is 2.16. The Labute approximate surface area is 155 Å². The van der Waals surface area contributed by atoms with E-state index in [4.69, 9.17) is 4.74 Å². The normalized spacial score (nSPS) is 15.0. The number of piperazine rings is 1. The first-order valence-corrected chi connectivity index (χ1v) is 8.82. The minimum absolute atomic E-state index is 0.00283. The Balaban J connectivity index is 1.48. The molecular weight excluding hydrogens is 386 g/mol. The van der Waals surface area contributed by atoms with Crippen LogP contribution in [-0.4, -0.2) is 60.6 Å². The van der Waals surface area contributed by atoms with Crippen LogP contribution < -0.4 is 15.0 Å². The molecule has 1 aliphatic heterocycles. The molecule has 1 saturated heterocycles. The lowest BCUT2D eigenvalue weighted by molar-refractivity contribution is -0.117. The maximum atomic E-state index is 12.2. The predicted molar refractivity (Wildman–Crippen MR) is 100 cm³/mol. The van der Waals surface area contributed by atoms with Gasteiger partial charge in [0.15, 0.2) is 5.82 Å². The van der Waals surface area contributed by atoms with Crippen LogP contribution in [0, 0.1) is 0 Å². The second kappa shape index (κ2) is 8.26. The van der Waals surface area contributed by atoms with Gasteiger partial charge >= 0.3 is 0 Å². The lowest BCUT2D eigenvalue weighted by atomic mass is 10.3. The Hall–Kier alpha value is -2.19. The predicted octanol–water partition coefficient (Wildman–Crippen LogP) is 2.01. The van der Waals surface area contributed by atoms with Crippen molar-refractivity contribution in [3.8, 4) is 5.88 Å². The summed E-state index contributed by atoms with van der Waals surface area (Å²) in [6, 6.07) is 7.57. The number of carbonyl (C=O) groups is 1. The Kier molecular flexibility index (Phi) is 5.83. The molecule has 25 heavy (non-hydrogen) atoms. The molecule has 2 aromatic rings. The van der Waals surface area contributed by atoms with Crippen LogP contribution in [0.15, 0.2) is 41.1 Å². The second-order valence-corrected chi connectivity index (χ2v) is 6.65. The number of aromatic nitrogens is 2. The zero-order valence-electron chi connectivity index (χ0n) is 14.0. The summed E-state index contributed by atoms with van der Waals surface area (Å²) in [6.07, 6.45) is 3.32. The van der Waals surface area contributed by atoms with Crippen molar-refractivity contribution in [2.24, 2.45) is 0 Å². The summed E-state index contributed by atoms with van der Waals surface area (Å²) >= 11 is 3.38. The number of halogens is 1. The summed E-state index contributed by atoms with van der Waals surface area (Å²) < 4.78 is 6.11. The summed E-state index contributed by atoms with van der Waals surface area (Å²) in [5.41, 5.74) is 0.804. The van der Waals surface area contributed by atoms with Crippen LogP contribution in [0.3, 0.4) is 0 Å². The molecule has 1 fully saturated rings. The third kappa shape index (κ3) is 4.90. The number of rotatable bonds is 5. The van der Waals surface area contributed by atoms with Crippen LogP contribution in [0.25, 0.3) is 0 Å². The van der Waals surface area contributed by atoms with Gasteiger partial charge in [-0.05, 0) is 24.3 Å². The molecule has 8 heteroatoms. The fraction of sp³-hybridized carbons (Fsp3) is 0.353. The minimum atomic E-state index is -0.00283. The summed E-state index contributed by atoms with van der Waals surface area (Å²) in [5.74, 6) is 1.31. The van der Waals surface area contributed by atoms with Gasteiger partial charge in [-0.25, -0.2) is 0 Å². The average molecular weight is 406 g/mol. The van der Waals surface area contributed by atoms with Crippen molar-refractivity contribution >= 4 is 33.3 Å². The lowest BCUT2D eigenvalue weighted by Crippen LogP contribution is -2.49. The summed E-state index contributed by atoms with van der Waals surface area (Å²) in [7, 11) is 1.58. The van der Waals surface area contributed by atoms with E-state index in [1.165, 1.54) is 0 Å². The molecule has 1 amide bonds. The molecule has 1 aliphatic rings. The van der Waals surface area contributed by atoms with E-state index in [0.29, 0.717) is 12.4 Å². The first-order chi connectivity index (χ1) is 12.1. The Morgan fingerprint density at radius 2 is 1.92 bits per heavy atom. The zero-order chi connectivity index (χ0) is 17.6. The smallest absolute Gasteiger partial charge is 0.238 e. The molecule has 132 valence electrons. The quantitative estimate of drug-likeness (QED) is 0.820. The molecule has 7 nitrogen and oxygen atoms in total. The topological polar surface area (TPSA) is 70.6 Å². The van der Waals surface area contributed by atoms with Crippen molar-refractivity contribution in [1.82, 2.24) is 14.9 Å². The molecule has 0 aliphatic carbocycles. The van der Waals surface area contributed by atoms with E-state index in [-0.39, 0.29) is 5.91 Å². The van der Waals surface area contributed by atoms with Crippen molar-refractivity contribution < 1.29 is 9.53 Å². The SMILES string of the molecule is COc1cncc(N2CCN(CC(=O)Nc3ccc(Br)cc3)CC2)n1. The Morgan fingerprint density at radius 3 is 2.60 bits per heavy atom. The van der Waals surface area contributed by atoms with Gasteiger partial charge in [-0.15, -0.1) is 0 Å². The molecule has 2 heterocycles. The molecule has 0 spiro atoms. The number of benzene rings is 1. The highest BCUT2D eigenvalue weighted by molar-refractivity contribution is 9.10. The highest BCUT2D eigenvalue weighted by atomic mass is 79.9. The zero-order valence-corrected chi connectivity index (χ0v) is 15.6. The summed E-state index contributed by atoms with van der Waals surface area (Å²) in [4.78, 5) is 25.0. The monoisotopic (exact) mass is 405 g/mol.